The fourth-order valence-electron chi connectivity index (χ4n) is 5.09. The number of rotatable bonds is 7. The monoisotopic (exact) mass is 398 g/mol. The maximum atomic E-state index is 12.3. The molecule has 0 unspecified atom stereocenters. The molecule has 2 aliphatic carbocycles. The fraction of sp³-hybridized carbons (Fsp3) is 0.739. The summed E-state index contributed by atoms with van der Waals surface area (Å²) in [5, 5.41) is 0. The van der Waals surface area contributed by atoms with Gasteiger partial charge in [0.25, 0.3) is 0 Å². The lowest BCUT2D eigenvalue weighted by molar-refractivity contribution is -0.274. The van der Waals surface area contributed by atoms with Crippen LogP contribution in [-0.2, 0) is 4.74 Å². The molecular weight excluding hydrogens is 365 g/mol. The highest BCUT2D eigenvalue weighted by molar-refractivity contribution is 5.29. The van der Waals surface area contributed by atoms with Crippen LogP contribution in [0.2, 0.25) is 0 Å². The third-order valence-electron chi connectivity index (χ3n) is 6.62. The van der Waals surface area contributed by atoms with Crippen LogP contribution in [0.1, 0.15) is 76.2 Å². The van der Waals surface area contributed by atoms with E-state index in [4.69, 9.17) is 4.74 Å². The third-order valence-corrected chi connectivity index (χ3v) is 6.62. The summed E-state index contributed by atoms with van der Waals surface area (Å²) in [4.78, 5) is 0. The molecule has 2 fully saturated rings. The predicted molar refractivity (Wildman–Crippen MR) is 104 cm³/mol. The minimum atomic E-state index is -4.62. The van der Waals surface area contributed by atoms with E-state index in [1.807, 2.05) is 0 Å². The Morgan fingerprint density at radius 1 is 0.857 bits per heavy atom. The van der Waals surface area contributed by atoms with E-state index in [-0.39, 0.29) is 5.75 Å². The summed E-state index contributed by atoms with van der Waals surface area (Å²) in [6.45, 7) is 3.96. The molecule has 28 heavy (non-hydrogen) atoms. The molecule has 2 nitrogen and oxygen atoms in total. The second-order valence-electron chi connectivity index (χ2n) is 8.58. The zero-order valence-electron chi connectivity index (χ0n) is 16.8. The van der Waals surface area contributed by atoms with Gasteiger partial charge in [0.2, 0.25) is 0 Å². The molecule has 0 radical (unpaired) electrons. The van der Waals surface area contributed by atoms with Crippen LogP contribution >= 0.6 is 0 Å². The Morgan fingerprint density at radius 2 is 1.43 bits per heavy atom. The summed E-state index contributed by atoms with van der Waals surface area (Å²) < 4.78 is 46.6. The lowest BCUT2D eigenvalue weighted by Crippen LogP contribution is -2.26. The van der Waals surface area contributed by atoms with E-state index in [9.17, 15) is 13.2 Å². The van der Waals surface area contributed by atoms with Gasteiger partial charge in [-0.1, -0.05) is 19.1 Å². The first-order valence-corrected chi connectivity index (χ1v) is 10.9. The van der Waals surface area contributed by atoms with E-state index >= 15 is 0 Å². The molecule has 0 amide bonds. The first-order valence-electron chi connectivity index (χ1n) is 10.9. The molecule has 0 aromatic heterocycles. The molecule has 0 N–H and O–H groups in total. The van der Waals surface area contributed by atoms with Crippen LogP contribution in [0.3, 0.4) is 0 Å². The average molecular weight is 399 g/mol. The molecule has 0 saturated heterocycles. The SMILES string of the molecule is CCCOCC1CCC(C2CCC(c3ccc(OC(F)(F)F)cc3)CC2)CC1. The van der Waals surface area contributed by atoms with Crippen LogP contribution < -0.4 is 4.74 Å². The van der Waals surface area contributed by atoms with Crippen molar-refractivity contribution in [2.75, 3.05) is 13.2 Å². The molecule has 2 aliphatic rings. The molecule has 0 spiro atoms. The molecule has 0 atom stereocenters. The quantitative estimate of drug-likeness (QED) is 0.456. The Morgan fingerprint density at radius 3 is 1.96 bits per heavy atom. The molecule has 0 bridgehead atoms. The Bertz CT molecular complexity index is 569. The van der Waals surface area contributed by atoms with Gasteiger partial charge in [-0.3, -0.25) is 0 Å². The second kappa shape index (κ2) is 10.00. The standard InChI is InChI=1S/C23H33F3O2/c1-2-15-27-16-17-3-5-18(6-4-17)19-7-9-20(10-8-19)21-11-13-22(14-12-21)28-23(24,25)26/h11-14,17-20H,2-10,15-16H2,1H3. The van der Waals surface area contributed by atoms with Gasteiger partial charge in [0.15, 0.2) is 0 Å². The Kier molecular flexibility index (Phi) is 7.67. The van der Waals surface area contributed by atoms with Crippen molar-refractivity contribution in [3.63, 3.8) is 0 Å². The molecule has 0 heterocycles. The number of hydrogen-bond donors (Lipinski definition) is 0. The van der Waals surface area contributed by atoms with Gasteiger partial charge in [0.1, 0.15) is 5.75 Å². The highest BCUT2D eigenvalue weighted by Gasteiger charge is 2.32. The van der Waals surface area contributed by atoms with Crippen molar-refractivity contribution < 1.29 is 22.6 Å². The summed E-state index contributed by atoms with van der Waals surface area (Å²) in [6, 6.07) is 6.48. The Hall–Kier alpha value is -1.23. The first kappa shape index (κ1) is 21.5. The van der Waals surface area contributed by atoms with Gasteiger partial charge in [0, 0.05) is 13.2 Å². The van der Waals surface area contributed by atoms with Crippen molar-refractivity contribution in [3.05, 3.63) is 29.8 Å². The number of ether oxygens (including phenoxy) is 2. The van der Waals surface area contributed by atoms with E-state index in [0.29, 0.717) is 5.92 Å². The topological polar surface area (TPSA) is 18.5 Å². The molecule has 2 saturated carbocycles. The zero-order valence-corrected chi connectivity index (χ0v) is 16.8. The Balaban J connectivity index is 1.41. The van der Waals surface area contributed by atoms with Crippen LogP contribution in [0.5, 0.6) is 5.75 Å². The van der Waals surface area contributed by atoms with Crippen LogP contribution in [0, 0.1) is 17.8 Å². The van der Waals surface area contributed by atoms with Crippen molar-refractivity contribution in [2.45, 2.75) is 77.0 Å². The van der Waals surface area contributed by atoms with Gasteiger partial charge in [0.05, 0.1) is 0 Å². The van der Waals surface area contributed by atoms with Crippen LogP contribution in [-0.4, -0.2) is 19.6 Å². The number of hydrogen-bond acceptors (Lipinski definition) is 2. The lowest BCUT2D eigenvalue weighted by atomic mass is 9.68. The molecule has 5 heteroatoms. The molecule has 158 valence electrons. The Labute approximate surface area is 166 Å². The van der Waals surface area contributed by atoms with Crippen molar-refractivity contribution in [1.82, 2.24) is 0 Å². The van der Waals surface area contributed by atoms with Crippen molar-refractivity contribution in [2.24, 2.45) is 17.8 Å². The van der Waals surface area contributed by atoms with Gasteiger partial charge in [-0.2, -0.15) is 0 Å². The molecular formula is C23H33F3O2. The summed E-state index contributed by atoms with van der Waals surface area (Å²) in [7, 11) is 0. The highest BCUT2D eigenvalue weighted by Crippen LogP contribution is 2.44. The van der Waals surface area contributed by atoms with Crippen LogP contribution in [0.25, 0.3) is 0 Å². The van der Waals surface area contributed by atoms with E-state index in [2.05, 4.69) is 11.7 Å². The van der Waals surface area contributed by atoms with Gasteiger partial charge in [-0.25, -0.2) is 0 Å². The lowest BCUT2D eigenvalue weighted by Gasteiger charge is -2.38. The summed E-state index contributed by atoms with van der Waals surface area (Å²) in [6.07, 6.45) is 6.51. The minimum Gasteiger partial charge on any atom is -0.406 e. The largest absolute Gasteiger partial charge is 0.573 e. The van der Waals surface area contributed by atoms with Crippen LogP contribution in [0.15, 0.2) is 24.3 Å². The smallest absolute Gasteiger partial charge is 0.406 e. The summed E-state index contributed by atoms with van der Waals surface area (Å²) in [5.74, 6) is 2.75. The van der Waals surface area contributed by atoms with E-state index in [1.165, 1.54) is 50.7 Å². The van der Waals surface area contributed by atoms with E-state index in [1.54, 1.807) is 12.1 Å². The number of alkyl halides is 3. The van der Waals surface area contributed by atoms with Gasteiger partial charge >= 0.3 is 6.36 Å². The second-order valence-corrected chi connectivity index (χ2v) is 8.58. The van der Waals surface area contributed by atoms with Crippen molar-refractivity contribution >= 4 is 0 Å². The molecule has 3 rings (SSSR count). The maximum absolute atomic E-state index is 12.3. The molecule has 0 aliphatic heterocycles. The summed E-state index contributed by atoms with van der Waals surface area (Å²) >= 11 is 0. The van der Waals surface area contributed by atoms with Gasteiger partial charge in [-0.15, -0.1) is 13.2 Å². The minimum absolute atomic E-state index is 0.135. The highest BCUT2D eigenvalue weighted by atomic mass is 19.4. The average Bonchev–Trinajstić information content (AvgIpc) is 2.68. The van der Waals surface area contributed by atoms with Crippen LogP contribution in [0.4, 0.5) is 13.2 Å². The molecule has 1 aromatic carbocycles. The number of benzene rings is 1. The first-order chi connectivity index (χ1) is 13.4. The zero-order chi connectivity index (χ0) is 20.0. The van der Waals surface area contributed by atoms with E-state index in [0.717, 1.165) is 55.8 Å². The third kappa shape index (κ3) is 6.40. The summed E-state index contributed by atoms with van der Waals surface area (Å²) in [5.41, 5.74) is 1.14. The van der Waals surface area contributed by atoms with E-state index < -0.39 is 6.36 Å². The normalized spacial score (nSPS) is 28.9. The van der Waals surface area contributed by atoms with Gasteiger partial charge < -0.3 is 9.47 Å². The molecule has 1 aromatic rings. The van der Waals surface area contributed by atoms with Crippen molar-refractivity contribution in [1.29, 1.82) is 0 Å². The maximum Gasteiger partial charge on any atom is 0.573 e. The van der Waals surface area contributed by atoms with Gasteiger partial charge in [-0.05, 0) is 99.2 Å². The fourth-order valence-corrected chi connectivity index (χ4v) is 5.09. The predicted octanol–water partition coefficient (Wildman–Crippen LogP) is 7.09. The number of halogens is 3. The van der Waals surface area contributed by atoms with Crippen molar-refractivity contribution in [3.8, 4) is 5.75 Å².